The van der Waals surface area contributed by atoms with Gasteiger partial charge in [0.1, 0.15) is 5.75 Å². The van der Waals surface area contributed by atoms with Gasteiger partial charge in [-0.05, 0) is 53.1 Å². The molecule has 5 heteroatoms. The third-order valence-corrected chi connectivity index (χ3v) is 5.37. The van der Waals surface area contributed by atoms with Crippen molar-refractivity contribution in [3.8, 4) is 5.75 Å². The number of hydrogen-bond donors (Lipinski definition) is 2. The fourth-order valence-electron chi connectivity index (χ4n) is 3.83. The lowest BCUT2D eigenvalue weighted by atomic mass is 9.97. The minimum absolute atomic E-state index is 0.276. The molecule has 0 aliphatic carbocycles. The molecule has 1 aliphatic heterocycles. The van der Waals surface area contributed by atoms with Gasteiger partial charge in [0.25, 0.3) is 0 Å². The van der Waals surface area contributed by atoms with Crippen molar-refractivity contribution < 1.29 is 15.0 Å². The van der Waals surface area contributed by atoms with Crippen LogP contribution < -0.4 is 9.80 Å². The summed E-state index contributed by atoms with van der Waals surface area (Å²) < 4.78 is 0. The molecule has 0 radical (unpaired) electrons. The van der Waals surface area contributed by atoms with E-state index in [1.165, 1.54) is 6.08 Å². The molecule has 1 aliphatic rings. The topological polar surface area (TPSA) is 64.0 Å². The Morgan fingerprint density at radius 2 is 1.33 bits per heavy atom. The van der Waals surface area contributed by atoms with Crippen molar-refractivity contribution in [2.45, 2.75) is 0 Å². The Bertz CT molecular complexity index is 1040. The molecule has 0 unspecified atom stereocenters. The summed E-state index contributed by atoms with van der Waals surface area (Å²) in [6.45, 7) is 3.50. The molecule has 4 rings (SSSR count). The van der Waals surface area contributed by atoms with Crippen molar-refractivity contribution in [3.63, 3.8) is 0 Å². The largest absolute Gasteiger partial charge is 0.508 e. The number of nitrogens with zero attached hydrogens (tertiary/aromatic N) is 2. The van der Waals surface area contributed by atoms with Crippen LogP contribution in [0.15, 0.2) is 84.9 Å². The molecule has 152 valence electrons. The highest BCUT2D eigenvalue weighted by molar-refractivity contribution is 5.95. The lowest BCUT2D eigenvalue weighted by Gasteiger charge is -2.37. The monoisotopic (exact) mass is 400 g/mol. The van der Waals surface area contributed by atoms with Crippen LogP contribution in [-0.4, -0.2) is 42.4 Å². The molecule has 2 N–H and O–H groups in total. The van der Waals surface area contributed by atoms with Crippen molar-refractivity contribution in [2.24, 2.45) is 0 Å². The van der Waals surface area contributed by atoms with Gasteiger partial charge in [-0.2, -0.15) is 0 Å². The molecular formula is C25H24N2O3. The predicted molar refractivity (Wildman–Crippen MR) is 120 cm³/mol. The van der Waals surface area contributed by atoms with Crippen LogP contribution in [0.1, 0.15) is 11.1 Å². The predicted octanol–water partition coefficient (Wildman–Crippen LogP) is 4.24. The molecule has 0 aromatic heterocycles. The number of rotatable bonds is 5. The van der Waals surface area contributed by atoms with Crippen molar-refractivity contribution >= 4 is 22.9 Å². The highest BCUT2D eigenvalue weighted by Gasteiger charge is 2.18. The Morgan fingerprint density at radius 1 is 0.733 bits per heavy atom. The molecule has 1 fully saturated rings. The van der Waals surface area contributed by atoms with Crippen LogP contribution in [0.25, 0.3) is 5.57 Å². The van der Waals surface area contributed by atoms with Crippen LogP contribution in [0, 0.1) is 0 Å². The number of carboxylic acids is 1. The molecule has 1 heterocycles. The number of anilines is 2. The zero-order valence-corrected chi connectivity index (χ0v) is 16.6. The maximum absolute atomic E-state index is 11.4. The van der Waals surface area contributed by atoms with Gasteiger partial charge in [-0.1, -0.05) is 42.5 Å². The summed E-state index contributed by atoms with van der Waals surface area (Å²) in [5, 5.41) is 18.9. The van der Waals surface area contributed by atoms with Crippen LogP contribution in [-0.2, 0) is 4.79 Å². The quantitative estimate of drug-likeness (QED) is 0.628. The fraction of sp³-hybridized carbons (Fsp3) is 0.160. The second-order valence-corrected chi connectivity index (χ2v) is 7.30. The normalized spacial score (nSPS) is 14.6. The van der Waals surface area contributed by atoms with Gasteiger partial charge in [0.15, 0.2) is 0 Å². The zero-order valence-electron chi connectivity index (χ0n) is 16.6. The summed E-state index contributed by atoms with van der Waals surface area (Å²) in [5.74, 6) is -0.681. The first kappa shape index (κ1) is 19.6. The highest BCUT2D eigenvalue weighted by Crippen LogP contribution is 2.28. The van der Waals surface area contributed by atoms with Gasteiger partial charge in [-0.15, -0.1) is 0 Å². The first-order valence-electron chi connectivity index (χ1n) is 9.99. The molecule has 0 spiro atoms. The summed E-state index contributed by atoms with van der Waals surface area (Å²) in [4.78, 5) is 16.1. The molecule has 3 aromatic rings. The first-order valence-corrected chi connectivity index (χ1v) is 9.99. The number of piperazine rings is 1. The highest BCUT2D eigenvalue weighted by atomic mass is 16.4. The Morgan fingerprint density at radius 3 is 1.97 bits per heavy atom. The molecule has 0 atom stereocenters. The molecule has 3 aromatic carbocycles. The van der Waals surface area contributed by atoms with Crippen molar-refractivity contribution in [2.75, 3.05) is 36.0 Å². The minimum Gasteiger partial charge on any atom is -0.508 e. The number of phenolic OH excluding ortho intramolecular Hbond substituents is 1. The van der Waals surface area contributed by atoms with Gasteiger partial charge >= 0.3 is 5.97 Å². The smallest absolute Gasteiger partial charge is 0.328 e. The van der Waals surface area contributed by atoms with Gasteiger partial charge in [-0.3, -0.25) is 0 Å². The number of hydrogen-bond acceptors (Lipinski definition) is 4. The van der Waals surface area contributed by atoms with Crippen molar-refractivity contribution in [3.05, 3.63) is 96.1 Å². The van der Waals surface area contributed by atoms with E-state index in [1.807, 2.05) is 54.6 Å². The van der Waals surface area contributed by atoms with E-state index in [0.29, 0.717) is 5.57 Å². The maximum atomic E-state index is 11.4. The van der Waals surface area contributed by atoms with Crippen LogP contribution in [0.3, 0.4) is 0 Å². The molecule has 0 amide bonds. The molecule has 0 saturated carbocycles. The Hall–Kier alpha value is -3.73. The van der Waals surface area contributed by atoms with Crippen LogP contribution in [0.2, 0.25) is 0 Å². The number of aliphatic carboxylic acids is 1. The second kappa shape index (κ2) is 8.74. The minimum atomic E-state index is -0.957. The molecule has 5 nitrogen and oxygen atoms in total. The standard InChI is InChI=1S/C25H24N2O3/c28-23-11-9-21(10-12-23)26-13-15-27(16-14-26)22-8-4-7-20(17-22)24(18-25(29)30)19-5-2-1-3-6-19/h1-12,17-18,28H,13-16H2,(H,29,30)/b24-18-. The van der Waals surface area contributed by atoms with E-state index in [4.69, 9.17) is 0 Å². The summed E-state index contributed by atoms with van der Waals surface area (Å²) in [6, 6.07) is 25.0. The van der Waals surface area contributed by atoms with Crippen LogP contribution >= 0.6 is 0 Å². The number of aromatic hydroxyl groups is 1. The lowest BCUT2D eigenvalue weighted by molar-refractivity contribution is -0.131. The average molecular weight is 400 g/mol. The second-order valence-electron chi connectivity index (χ2n) is 7.30. The summed E-state index contributed by atoms with van der Waals surface area (Å²) in [6.07, 6.45) is 1.28. The summed E-state index contributed by atoms with van der Waals surface area (Å²) in [5.41, 5.74) is 4.67. The summed E-state index contributed by atoms with van der Waals surface area (Å²) >= 11 is 0. The van der Waals surface area contributed by atoms with Gasteiger partial charge in [0.2, 0.25) is 0 Å². The van der Waals surface area contributed by atoms with Crippen LogP contribution in [0.4, 0.5) is 11.4 Å². The first-order chi connectivity index (χ1) is 14.6. The van der Waals surface area contributed by atoms with Gasteiger partial charge in [0.05, 0.1) is 0 Å². The van der Waals surface area contributed by atoms with Gasteiger partial charge in [0, 0.05) is 43.6 Å². The Kier molecular flexibility index (Phi) is 5.70. The molecular weight excluding hydrogens is 376 g/mol. The molecule has 0 bridgehead atoms. The third-order valence-electron chi connectivity index (χ3n) is 5.37. The van der Waals surface area contributed by atoms with Gasteiger partial charge in [-0.25, -0.2) is 4.79 Å². The number of benzene rings is 3. The average Bonchev–Trinajstić information content (AvgIpc) is 2.79. The summed E-state index contributed by atoms with van der Waals surface area (Å²) in [7, 11) is 0. The van der Waals surface area contributed by atoms with E-state index in [1.54, 1.807) is 12.1 Å². The fourth-order valence-corrected chi connectivity index (χ4v) is 3.83. The van der Waals surface area contributed by atoms with Crippen molar-refractivity contribution in [1.29, 1.82) is 0 Å². The van der Waals surface area contributed by atoms with E-state index in [9.17, 15) is 15.0 Å². The van der Waals surface area contributed by atoms with Crippen LogP contribution in [0.5, 0.6) is 5.75 Å². The van der Waals surface area contributed by atoms with E-state index in [2.05, 4.69) is 21.9 Å². The number of phenols is 1. The number of carboxylic acid groups (broad SMARTS) is 1. The molecule has 30 heavy (non-hydrogen) atoms. The zero-order chi connectivity index (χ0) is 20.9. The third kappa shape index (κ3) is 4.46. The lowest BCUT2D eigenvalue weighted by Crippen LogP contribution is -2.46. The van der Waals surface area contributed by atoms with E-state index in [0.717, 1.165) is 48.7 Å². The Balaban J connectivity index is 1.53. The molecule has 1 saturated heterocycles. The van der Waals surface area contributed by atoms with Gasteiger partial charge < -0.3 is 20.0 Å². The van der Waals surface area contributed by atoms with E-state index in [-0.39, 0.29) is 5.75 Å². The van der Waals surface area contributed by atoms with E-state index < -0.39 is 5.97 Å². The Labute approximate surface area is 176 Å². The van der Waals surface area contributed by atoms with E-state index >= 15 is 0 Å². The number of carbonyl (C=O) groups is 1. The van der Waals surface area contributed by atoms with Crippen molar-refractivity contribution in [1.82, 2.24) is 0 Å². The maximum Gasteiger partial charge on any atom is 0.328 e. The SMILES string of the molecule is O=C(O)/C=C(/c1ccccc1)c1cccc(N2CCN(c3ccc(O)cc3)CC2)c1.